The Morgan fingerprint density at radius 1 is 0.371 bits per heavy atom. The molecule has 6 aromatic heterocycles. The van der Waals surface area contributed by atoms with Gasteiger partial charge in [-0.3, -0.25) is 30.6 Å². The molecule has 12 rings (SSSR count). The topological polar surface area (TPSA) is 225 Å². The van der Waals surface area contributed by atoms with E-state index in [4.69, 9.17) is 10.00 Å². The minimum Gasteiger partial charge on any atom is -0.496 e. The summed E-state index contributed by atoms with van der Waals surface area (Å²) in [6.07, 6.45) is 19.3. The molecule has 0 atom stereocenters. The van der Waals surface area contributed by atoms with Crippen LogP contribution in [0.4, 0.5) is 8.78 Å². The lowest BCUT2D eigenvalue weighted by Crippen LogP contribution is -2.18. The van der Waals surface area contributed by atoms with E-state index in [-0.39, 0.29) is 11.6 Å². The second-order valence-corrected chi connectivity index (χ2v) is 31.0. The van der Waals surface area contributed by atoms with Gasteiger partial charge in [0.15, 0.2) is 0 Å². The van der Waals surface area contributed by atoms with Crippen molar-refractivity contribution in [2.24, 2.45) is 5.92 Å². The maximum absolute atomic E-state index is 13.5. The van der Waals surface area contributed by atoms with Crippen molar-refractivity contribution in [2.45, 2.75) is 167 Å². The minimum atomic E-state index is -0.289. The third-order valence-electron chi connectivity index (χ3n) is 19.8. The molecule has 0 unspecified atom stereocenters. The van der Waals surface area contributed by atoms with Crippen LogP contribution in [-0.2, 0) is 45.7 Å². The first-order chi connectivity index (χ1) is 55.9. The van der Waals surface area contributed by atoms with Crippen LogP contribution in [0.25, 0.3) is 67.5 Å². The summed E-state index contributed by atoms with van der Waals surface area (Å²) in [5, 5.41) is 52.5. The second-order valence-electron chi connectivity index (χ2n) is 31.0. The fraction of sp³-hybridized carbons (Fsp3) is 0.415. The molecule has 0 saturated carbocycles. The molecular formula is C94H129F2N19O. The van der Waals surface area contributed by atoms with Gasteiger partial charge in [-0.15, -0.1) is 0 Å². The van der Waals surface area contributed by atoms with Crippen molar-refractivity contribution < 1.29 is 13.5 Å². The van der Waals surface area contributed by atoms with Crippen LogP contribution in [0.2, 0.25) is 0 Å². The highest BCUT2D eigenvalue weighted by Crippen LogP contribution is 2.34. The van der Waals surface area contributed by atoms with Gasteiger partial charge in [-0.2, -0.15) is 35.9 Å². The molecule has 620 valence electrons. The molecule has 0 bridgehead atoms. The predicted molar refractivity (Wildman–Crippen MR) is 473 cm³/mol. The number of H-pyrrole nitrogens is 6. The van der Waals surface area contributed by atoms with Gasteiger partial charge in [-0.05, 0) is 236 Å². The maximum Gasteiger partial charge on any atom is 0.128 e. The van der Waals surface area contributed by atoms with Gasteiger partial charge in [-0.25, -0.2) is 8.78 Å². The first-order valence-electron chi connectivity index (χ1n) is 41.0. The molecule has 22 heteroatoms. The average Bonchev–Trinajstić information content (AvgIpc) is 1.61. The summed E-state index contributed by atoms with van der Waals surface area (Å²) >= 11 is 0. The van der Waals surface area contributed by atoms with Gasteiger partial charge in [0.2, 0.25) is 0 Å². The molecule has 0 aliphatic carbocycles. The van der Waals surface area contributed by atoms with Gasteiger partial charge in [0, 0.05) is 94.9 Å². The molecule has 20 nitrogen and oxygen atoms in total. The van der Waals surface area contributed by atoms with Gasteiger partial charge in [0.05, 0.1) is 90.1 Å². The Kier molecular flexibility index (Phi) is 39.0. The number of rotatable bonds is 33. The lowest BCUT2D eigenvalue weighted by atomic mass is 10.00. The molecule has 0 saturated heterocycles. The smallest absolute Gasteiger partial charge is 0.128 e. The van der Waals surface area contributed by atoms with Crippen molar-refractivity contribution >= 4 is 0 Å². The van der Waals surface area contributed by atoms with Gasteiger partial charge >= 0.3 is 0 Å². The number of aryl methyl sites for hydroxylation is 4. The van der Waals surface area contributed by atoms with Crippen LogP contribution in [0.15, 0.2) is 165 Å². The molecule has 6 heterocycles. The van der Waals surface area contributed by atoms with Crippen LogP contribution < -0.4 is 4.74 Å². The number of hydrogen-bond acceptors (Lipinski definition) is 14. The standard InChI is InChI=1S/C18H27N3.C16H20N4.C15H20FN3O.C15H20FN3.2C15H21N3/c1-5-10-21(4)13-17-12-19-20-18(17)16-8-6-15(7-9-16)11-14(2)3;1-4-7-20(3)11-14-10-18-19-16(14)15-8-13(9-17)6-5-12(15)2;1-4-7-19(2)10-11-9-17-18-15(11)13-8-12(16)5-6-14(13)20-3;1-4-7-19(3)10-12-9-17-18-15(12)14-8-13(16)6-5-11(14)2;1-4-9-18(3)11-14-10-16-17-15(14)13-7-5-12(2)6-8-13;1-4-9-18(3)11-13-10-16-17-15(13)14-8-6-5-7-12(14)2/h6-9,12,14H,5,10-11,13H2,1-4H3,(H,19,20);5-6,8,10H,4,7,11H2,1-3H3,(H,18,19);5-6,8-9H,4,7,10H2,1-3H3,(H,17,18);5-6,8-9H,4,7,10H2,1-3H3,(H,17,18);2*5-8,10H,4,9,11H2,1-3H3,(H,16,17). The molecule has 6 aromatic carbocycles. The van der Waals surface area contributed by atoms with Crippen LogP contribution in [0.1, 0.15) is 161 Å². The lowest BCUT2D eigenvalue weighted by molar-refractivity contribution is 0.328. The van der Waals surface area contributed by atoms with Crippen molar-refractivity contribution in [1.82, 2.24) is 90.6 Å². The Morgan fingerprint density at radius 3 is 1.04 bits per heavy atom. The van der Waals surface area contributed by atoms with Gasteiger partial charge in [0.1, 0.15) is 17.4 Å². The maximum atomic E-state index is 13.5. The number of methoxy groups -OCH3 is 1. The van der Waals surface area contributed by atoms with Crippen LogP contribution in [0.3, 0.4) is 0 Å². The van der Waals surface area contributed by atoms with Crippen molar-refractivity contribution in [3.05, 3.63) is 243 Å². The van der Waals surface area contributed by atoms with Crippen LogP contribution in [0.5, 0.6) is 5.75 Å². The fourth-order valence-electron chi connectivity index (χ4n) is 14.1. The number of nitrogens with zero attached hydrogens (tertiary/aromatic N) is 13. The zero-order valence-electron chi connectivity index (χ0n) is 72.6. The van der Waals surface area contributed by atoms with E-state index in [0.717, 1.165) is 172 Å². The van der Waals surface area contributed by atoms with E-state index in [9.17, 15) is 8.78 Å². The van der Waals surface area contributed by atoms with E-state index in [1.54, 1.807) is 31.5 Å². The SMILES string of the molecule is CCCN(C)Cc1cn[nH]c1-c1cc(C#N)ccc1C.CCCN(C)Cc1cn[nH]c1-c1cc(F)ccc1C.CCCN(C)Cc1cn[nH]c1-c1cc(F)ccc1OC.CCCN(C)Cc1cn[nH]c1-c1ccc(C)cc1.CCCN(C)Cc1cn[nH]c1-c1ccc(CC(C)C)cc1.CCCN(C)Cc1cn[nH]c1-c1ccccc1C. The Hall–Kier alpha value is -10.5. The van der Waals surface area contributed by atoms with E-state index in [1.165, 1.54) is 93.1 Å². The zero-order valence-corrected chi connectivity index (χ0v) is 72.6. The van der Waals surface area contributed by atoms with Crippen molar-refractivity contribution in [3.8, 4) is 79.4 Å². The third-order valence-corrected chi connectivity index (χ3v) is 19.8. The van der Waals surface area contributed by atoms with E-state index in [2.05, 4.69) is 288 Å². The average molecular weight is 1580 g/mol. The largest absolute Gasteiger partial charge is 0.496 e. The molecular weight excluding hydrogens is 1450 g/mol. The molecule has 0 spiro atoms. The number of aromatic nitrogens is 12. The summed E-state index contributed by atoms with van der Waals surface area (Å²) in [4.78, 5) is 13.7. The normalized spacial score (nSPS) is 11.1. The zero-order chi connectivity index (χ0) is 84.1. The Bertz CT molecular complexity index is 4780. The predicted octanol–water partition coefficient (Wildman–Crippen LogP) is 20.1. The Balaban J connectivity index is 0.000000193. The number of aromatic amines is 6. The summed E-state index contributed by atoms with van der Waals surface area (Å²) in [6.45, 7) is 37.5. The molecule has 0 radical (unpaired) electrons. The second kappa shape index (κ2) is 48.8. The van der Waals surface area contributed by atoms with Crippen LogP contribution >= 0.6 is 0 Å². The molecule has 0 fully saturated rings. The summed E-state index contributed by atoms with van der Waals surface area (Å²) in [5.41, 5.74) is 26.4. The van der Waals surface area contributed by atoms with E-state index < -0.39 is 0 Å². The number of nitrogens with one attached hydrogen (secondary N) is 6. The Morgan fingerprint density at radius 2 is 0.681 bits per heavy atom. The molecule has 0 aliphatic rings. The minimum absolute atomic E-state index is 0.219. The monoisotopic (exact) mass is 1580 g/mol. The lowest BCUT2D eigenvalue weighted by Gasteiger charge is -2.16. The summed E-state index contributed by atoms with van der Waals surface area (Å²) in [5.74, 6) is 0.822. The van der Waals surface area contributed by atoms with Gasteiger partial charge in [-0.1, -0.05) is 146 Å². The number of benzene rings is 6. The van der Waals surface area contributed by atoms with Crippen molar-refractivity contribution in [3.63, 3.8) is 0 Å². The third kappa shape index (κ3) is 29.0. The number of halogens is 2. The summed E-state index contributed by atoms with van der Waals surface area (Å²) in [6, 6.07) is 43.1. The highest BCUT2D eigenvalue weighted by Gasteiger charge is 2.19. The summed E-state index contributed by atoms with van der Waals surface area (Å²) in [7, 11) is 14.3. The number of nitriles is 1. The highest BCUT2D eigenvalue weighted by molar-refractivity contribution is 5.72. The van der Waals surface area contributed by atoms with Crippen LogP contribution in [0, 0.1) is 56.6 Å². The van der Waals surface area contributed by atoms with E-state index >= 15 is 0 Å². The molecule has 116 heavy (non-hydrogen) atoms. The Labute approximate surface area is 689 Å². The highest BCUT2D eigenvalue weighted by atomic mass is 19.1. The first-order valence-corrected chi connectivity index (χ1v) is 41.0. The first kappa shape index (κ1) is 92.7. The molecule has 0 amide bonds. The van der Waals surface area contributed by atoms with Crippen molar-refractivity contribution in [1.29, 1.82) is 5.26 Å². The van der Waals surface area contributed by atoms with E-state index in [1.807, 2.05) is 56.1 Å². The van der Waals surface area contributed by atoms with Gasteiger partial charge < -0.3 is 34.1 Å². The summed E-state index contributed by atoms with van der Waals surface area (Å²) < 4.78 is 32.2. The van der Waals surface area contributed by atoms with Gasteiger partial charge in [0.25, 0.3) is 0 Å². The van der Waals surface area contributed by atoms with Crippen molar-refractivity contribution in [2.75, 3.05) is 88.7 Å². The number of hydrogen-bond donors (Lipinski definition) is 6. The quantitative estimate of drug-likeness (QED) is 0.0225. The van der Waals surface area contributed by atoms with E-state index in [0.29, 0.717) is 22.8 Å². The fourth-order valence-corrected chi connectivity index (χ4v) is 14.1. The number of ether oxygens (including phenoxy) is 1. The van der Waals surface area contributed by atoms with Crippen LogP contribution in [-0.4, -0.2) is 179 Å². The molecule has 6 N–H and O–H groups in total. The molecule has 12 aromatic rings. The molecule has 0 aliphatic heterocycles.